The fraction of sp³-hybridized carbons (Fsp3) is 0.375. The zero-order valence-electron chi connectivity index (χ0n) is 9.97. The molecule has 1 aliphatic rings. The van der Waals surface area contributed by atoms with E-state index in [1.807, 2.05) is 0 Å². The Balaban J connectivity index is 2.17. The van der Waals surface area contributed by atoms with Gasteiger partial charge in [-0.25, -0.2) is 0 Å². The third kappa shape index (κ3) is 2.63. The molecule has 1 aliphatic carbocycles. The van der Waals surface area contributed by atoms with Gasteiger partial charge in [0.15, 0.2) is 0 Å². The molecule has 0 nitrogen and oxygen atoms in total. The maximum absolute atomic E-state index is 2.37. The van der Waals surface area contributed by atoms with Crippen molar-refractivity contribution in [2.24, 2.45) is 5.92 Å². The third-order valence-corrected chi connectivity index (χ3v) is 3.36. The zero-order chi connectivity index (χ0) is 11.2. The van der Waals surface area contributed by atoms with Gasteiger partial charge in [0.1, 0.15) is 0 Å². The van der Waals surface area contributed by atoms with Crippen molar-refractivity contribution in [3.05, 3.63) is 60.2 Å². The second-order valence-electron chi connectivity index (χ2n) is 4.52. The van der Waals surface area contributed by atoms with Gasteiger partial charge in [-0.15, -0.1) is 0 Å². The summed E-state index contributed by atoms with van der Waals surface area (Å²) in [6.07, 6.45) is 12.7. The Hall–Kier alpha value is -1.30. The van der Waals surface area contributed by atoms with Gasteiger partial charge in [-0.1, -0.05) is 68.0 Å². The van der Waals surface area contributed by atoms with Crippen LogP contribution in [-0.4, -0.2) is 0 Å². The second kappa shape index (κ2) is 5.69. The molecule has 2 atom stereocenters. The number of rotatable bonds is 4. The molecule has 0 aromatic heterocycles. The van der Waals surface area contributed by atoms with E-state index in [0.717, 1.165) is 0 Å². The van der Waals surface area contributed by atoms with Gasteiger partial charge in [-0.2, -0.15) is 0 Å². The summed E-state index contributed by atoms with van der Waals surface area (Å²) in [7, 11) is 0. The molecule has 0 amide bonds. The van der Waals surface area contributed by atoms with Crippen molar-refractivity contribution in [2.75, 3.05) is 0 Å². The molecule has 0 N–H and O–H groups in total. The lowest BCUT2D eigenvalue weighted by molar-refractivity contribution is 0.472. The van der Waals surface area contributed by atoms with Gasteiger partial charge < -0.3 is 0 Å². The highest BCUT2D eigenvalue weighted by molar-refractivity contribution is 5.24. The van der Waals surface area contributed by atoms with Crippen LogP contribution >= 0.6 is 0 Å². The summed E-state index contributed by atoms with van der Waals surface area (Å²) in [6.45, 7) is 2.28. The summed E-state index contributed by atoms with van der Waals surface area (Å²) < 4.78 is 0. The van der Waals surface area contributed by atoms with Crippen molar-refractivity contribution in [1.29, 1.82) is 0 Å². The molecule has 0 saturated heterocycles. The predicted molar refractivity (Wildman–Crippen MR) is 70.5 cm³/mol. The Morgan fingerprint density at radius 2 is 2.00 bits per heavy atom. The van der Waals surface area contributed by atoms with Gasteiger partial charge in [0, 0.05) is 0 Å². The molecule has 2 unspecified atom stereocenters. The van der Waals surface area contributed by atoms with E-state index in [0.29, 0.717) is 11.8 Å². The second-order valence-corrected chi connectivity index (χ2v) is 4.52. The molecular weight excluding hydrogens is 192 g/mol. The van der Waals surface area contributed by atoms with E-state index in [2.05, 4.69) is 61.6 Å². The number of benzene rings is 1. The van der Waals surface area contributed by atoms with Crippen LogP contribution in [0.4, 0.5) is 0 Å². The molecule has 0 bridgehead atoms. The number of allylic oxidation sites excluding steroid dienone is 4. The van der Waals surface area contributed by atoms with E-state index in [-0.39, 0.29) is 0 Å². The van der Waals surface area contributed by atoms with Crippen molar-refractivity contribution >= 4 is 0 Å². The molecule has 0 saturated carbocycles. The Morgan fingerprint density at radius 1 is 1.19 bits per heavy atom. The quantitative estimate of drug-likeness (QED) is 0.678. The molecule has 0 spiro atoms. The molecule has 0 radical (unpaired) electrons. The SMILES string of the molecule is CCCC(c1ccccc1)C1C=CC=CC1. The van der Waals surface area contributed by atoms with Gasteiger partial charge in [-0.3, -0.25) is 0 Å². The highest BCUT2D eigenvalue weighted by Crippen LogP contribution is 2.33. The molecule has 0 heteroatoms. The van der Waals surface area contributed by atoms with Crippen LogP contribution in [0.3, 0.4) is 0 Å². The van der Waals surface area contributed by atoms with Crippen LogP contribution in [0.15, 0.2) is 54.6 Å². The van der Waals surface area contributed by atoms with E-state index >= 15 is 0 Å². The number of hydrogen-bond acceptors (Lipinski definition) is 0. The predicted octanol–water partition coefficient (Wildman–Crippen LogP) is 4.70. The smallest absolute Gasteiger partial charge is 0.00960 e. The van der Waals surface area contributed by atoms with Gasteiger partial charge in [0.05, 0.1) is 0 Å². The molecule has 0 aliphatic heterocycles. The van der Waals surface area contributed by atoms with Crippen LogP contribution < -0.4 is 0 Å². The van der Waals surface area contributed by atoms with Crippen LogP contribution in [0, 0.1) is 5.92 Å². The van der Waals surface area contributed by atoms with Gasteiger partial charge >= 0.3 is 0 Å². The third-order valence-electron chi connectivity index (χ3n) is 3.36. The summed E-state index contributed by atoms with van der Waals surface area (Å²) in [5.41, 5.74) is 1.49. The minimum atomic E-state index is 0.687. The molecule has 84 valence electrons. The fourth-order valence-corrected chi connectivity index (χ4v) is 2.54. The van der Waals surface area contributed by atoms with Crippen LogP contribution in [0.1, 0.15) is 37.7 Å². The molecule has 2 rings (SSSR count). The first kappa shape index (κ1) is 11.2. The minimum absolute atomic E-state index is 0.687. The molecule has 1 aromatic rings. The highest BCUT2D eigenvalue weighted by atomic mass is 14.2. The van der Waals surface area contributed by atoms with E-state index in [4.69, 9.17) is 0 Å². The molecule has 1 aromatic carbocycles. The topological polar surface area (TPSA) is 0 Å². The van der Waals surface area contributed by atoms with Crippen LogP contribution in [0.5, 0.6) is 0 Å². The number of hydrogen-bond donors (Lipinski definition) is 0. The summed E-state index contributed by atoms with van der Waals surface area (Å²) in [6, 6.07) is 10.9. The average molecular weight is 212 g/mol. The first-order valence-electron chi connectivity index (χ1n) is 6.30. The average Bonchev–Trinajstić information content (AvgIpc) is 2.38. The fourth-order valence-electron chi connectivity index (χ4n) is 2.54. The molecule has 0 fully saturated rings. The molecule has 0 heterocycles. The lowest BCUT2D eigenvalue weighted by atomic mass is 9.79. The maximum Gasteiger partial charge on any atom is -0.00960 e. The van der Waals surface area contributed by atoms with Crippen LogP contribution in [-0.2, 0) is 0 Å². The first-order chi connectivity index (χ1) is 7.92. The standard InChI is InChI=1S/C16H20/c1-2-9-16(14-10-5-3-6-11-14)15-12-7-4-8-13-15/h3-8,10-12,15-16H,2,9,13H2,1H3. The maximum atomic E-state index is 2.37. The summed E-state index contributed by atoms with van der Waals surface area (Å²) in [4.78, 5) is 0. The van der Waals surface area contributed by atoms with Crippen molar-refractivity contribution < 1.29 is 0 Å². The zero-order valence-corrected chi connectivity index (χ0v) is 9.97. The summed E-state index contributed by atoms with van der Waals surface area (Å²) in [5, 5.41) is 0. The largest absolute Gasteiger partial charge is 0.0839 e. The minimum Gasteiger partial charge on any atom is -0.0839 e. The van der Waals surface area contributed by atoms with Crippen molar-refractivity contribution in [3.63, 3.8) is 0 Å². The van der Waals surface area contributed by atoms with E-state index < -0.39 is 0 Å². The first-order valence-corrected chi connectivity index (χ1v) is 6.30. The van der Waals surface area contributed by atoms with Gasteiger partial charge in [0.25, 0.3) is 0 Å². The Morgan fingerprint density at radius 3 is 2.62 bits per heavy atom. The van der Waals surface area contributed by atoms with Gasteiger partial charge in [-0.05, 0) is 30.2 Å². The monoisotopic (exact) mass is 212 g/mol. The normalized spacial score (nSPS) is 20.9. The summed E-state index contributed by atoms with van der Waals surface area (Å²) >= 11 is 0. The molecular formula is C16H20. The highest BCUT2D eigenvalue weighted by Gasteiger charge is 2.19. The van der Waals surface area contributed by atoms with Crippen LogP contribution in [0.2, 0.25) is 0 Å². The molecule has 16 heavy (non-hydrogen) atoms. The Labute approximate surface area is 98.7 Å². The van der Waals surface area contributed by atoms with Crippen LogP contribution in [0.25, 0.3) is 0 Å². The summed E-state index contributed by atoms with van der Waals surface area (Å²) in [5.74, 6) is 1.37. The van der Waals surface area contributed by atoms with Gasteiger partial charge in [0.2, 0.25) is 0 Å². The van der Waals surface area contributed by atoms with Crippen molar-refractivity contribution in [3.8, 4) is 0 Å². The lowest BCUT2D eigenvalue weighted by Crippen LogP contribution is -2.11. The van der Waals surface area contributed by atoms with Crippen molar-refractivity contribution in [1.82, 2.24) is 0 Å². The van der Waals surface area contributed by atoms with Crippen molar-refractivity contribution in [2.45, 2.75) is 32.1 Å². The van der Waals surface area contributed by atoms with E-state index in [1.54, 1.807) is 0 Å². The Kier molecular flexibility index (Phi) is 3.98. The van der Waals surface area contributed by atoms with E-state index in [1.165, 1.54) is 24.8 Å². The lowest BCUT2D eigenvalue weighted by Gasteiger charge is -2.25. The van der Waals surface area contributed by atoms with E-state index in [9.17, 15) is 0 Å². The Bertz CT molecular complexity index is 359.